The minimum Gasteiger partial charge on any atom is -0.550 e. The standard InChI is InChI=1S/5C6H15NO2.C6H8O7.C4H4O4/c5*1-8-5-3-7-4-6-9-2;7-3(8)1-6(13,5(11)12)2-4(9)10;5-3(6)1-2-4(7)8/h5*7H,3-6H2,1-2H3;13H,1-2H2,(H,7,8)(H,9,10)(H,11,12);1-2H,(H,5,6)(H,7,8)/b;;;;;;2-1+. The number of hydrogen-bond donors (Lipinski definition) is 6. The summed E-state index contributed by atoms with van der Waals surface area (Å²) in [6.45, 7) is 18.5. The van der Waals surface area contributed by atoms with Gasteiger partial charge in [0.2, 0.25) is 0 Å². The van der Waals surface area contributed by atoms with Gasteiger partial charge in [-0.05, 0) is 12.2 Å². The highest BCUT2D eigenvalue weighted by molar-refractivity contribution is 5.87. The van der Waals surface area contributed by atoms with Gasteiger partial charge in [-0.25, -0.2) is 0 Å². The average Bonchev–Trinajstić information content (AvgIpc) is 3.26. The van der Waals surface area contributed by atoms with Crippen LogP contribution in [0.25, 0.3) is 0 Å². The van der Waals surface area contributed by atoms with Crippen LogP contribution in [0.5, 0.6) is 0 Å². The molecule has 26 nitrogen and oxygen atoms in total. The number of carboxylic acids is 5. The zero-order chi connectivity index (χ0) is 52.0. The molecule has 66 heavy (non-hydrogen) atoms. The van der Waals surface area contributed by atoms with E-state index in [0.717, 1.165) is 132 Å². The maximum absolute atomic E-state index is 10.1. The molecule has 0 aromatic heterocycles. The van der Waals surface area contributed by atoms with Crippen molar-refractivity contribution in [1.82, 2.24) is 0 Å². The van der Waals surface area contributed by atoms with Crippen LogP contribution in [0, 0.1) is 0 Å². The van der Waals surface area contributed by atoms with Crippen LogP contribution in [0.1, 0.15) is 12.8 Å². The first-order valence-corrected chi connectivity index (χ1v) is 20.9. The lowest BCUT2D eigenvalue weighted by Crippen LogP contribution is -2.86. The van der Waals surface area contributed by atoms with E-state index in [1.165, 1.54) is 0 Å². The summed E-state index contributed by atoms with van der Waals surface area (Å²) in [5.41, 5.74) is -2.97. The third-order valence-corrected chi connectivity index (χ3v) is 6.87. The highest BCUT2D eigenvalue weighted by Gasteiger charge is 2.29. The first-order chi connectivity index (χ1) is 31.5. The van der Waals surface area contributed by atoms with Crippen molar-refractivity contribution < 1.29 is 129 Å². The van der Waals surface area contributed by atoms with E-state index < -0.39 is 48.3 Å². The topological polar surface area (TPSA) is 396 Å². The third-order valence-electron chi connectivity index (χ3n) is 6.87. The number of ether oxygens (including phenoxy) is 10. The summed E-state index contributed by atoms with van der Waals surface area (Å²) in [7, 11) is 17.1. The minimum absolute atomic E-state index is 0.384. The second-order valence-electron chi connectivity index (χ2n) is 12.6. The second-order valence-corrected chi connectivity index (χ2v) is 12.6. The number of aliphatic carboxylic acids is 5. The largest absolute Gasteiger partial charge is 0.550 e. The number of methoxy groups -OCH3 is 10. The van der Waals surface area contributed by atoms with Gasteiger partial charge < -0.3 is 129 Å². The first-order valence-electron chi connectivity index (χ1n) is 20.9. The zero-order valence-electron chi connectivity index (χ0n) is 41.2. The number of quaternary nitrogens is 5. The summed E-state index contributed by atoms with van der Waals surface area (Å²) in [5.74, 6) is -9.08. The molecular weight excluding hydrogens is 886 g/mol. The van der Waals surface area contributed by atoms with Gasteiger partial charge >= 0.3 is 0 Å². The van der Waals surface area contributed by atoms with Crippen molar-refractivity contribution in [2.75, 3.05) is 203 Å². The fourth-order valence-corrected chi connectivity index (χ4v) is 3.55. The Morgan fingerprint density at radius 1 is 0.364 bits per heavy atom. The Morgan fingerprint density at radius 2 is 0.515 bits per heavy atom. The maximum atomic E-state index is 10.1. The molecule has 0 radical (unpaired) electrons. The van der Waals surface area contributed by atoms with Crippen LogP contribution in [0.15, 0.2) is 12.2 Å². The van der Waals surface area contributed by atoms with E-state index in [1.807, 2.05) is 0 Å². The van der Waals surface area contributed by atoms with E-state index in [-0.39, 0.29) is 0 Å². The lowest BCUT2D eigenvalue weighted by molar-refractivity contribution is -0.657. The van der Waals surface area contributed by atoms with Crippen LogP contribution in [-0.2, 0) is 71.3 Å². The molecule has 0 bridgehead atoms. The van der Waals surface area contributed by atoms with Crippen LogP contribution in [-0.4, -0.2) is 243 Å². The molecule has 0 atom stereocenters. The van der Waals surface area contributed by atoms with E-state index in [9.17, 15) is 49.5 Å². The summed E-state index contributed by atoms with van der Waals surface area (Å²) in [6.07, 6.45) is -1.95. The summed E-state index contributed by atoms with van der Waals surface area (Å²) in [6, 6.07) is 0. The highest BCUT2D eigenvalue weighted by Crippen LogP contribution is 2.13. The molecule has 0 aromatic carbocycles. The van der Waals surface area contributed by atoms with Crippen molar-refractivity contribution in [3.63, 3.8) is 0 Å². The molecule has 0 saturated heterocycles. The monoisotopic (exact) mass is 974 g/mol. The molecule has 398 valence electrons. The Labute approximate surface area is 391 Å². The number of rotatable bonds is 37. The van der Waals surface area contributed by atoms with E-state index in [4.69, 9.17) is 52.5 Å². The van der Waals surface area contributed by atoms with Gasteiger partial charge in [-0.2, -0.15) is 0 Å². The summed E-state index contributed by atoms with van der Waals surface area (Å²) in [4.78, 5) is 48.8. The van der Waals surface area contributed by atoms with Gasteiger partial charge in [-0.15, -0.1) is 0 Å². The predicted molar refractivity (Wildman–Crippen MR) is 225 cm³/mol. The summed E-state index contributed by atoms with van der Waals surface area (Å²) < 4.78 is 48.5. The second kappa shape index (κ2) is 70.5. The maximum Gasteiger partial charge on any atom is 0.114 e. The van der Waals surface area contributed by atoms with Crippen LogP contribution in [0.3, 0.4) is 0 Å². The molecular formula is C40H87N5O21. The van der Waals surface area contributed by atoms with E-state index in [0.29, 0.717) is 12.2 Å². The summed E-state index contributed by atoms with van der Waals surface area (Å²) in [5, 5.41) is 68.6. The fraction of sp³-hybridized carbons (Fsp3) is 0.825. The highest BCUT2D eigenvalue weighted by atomic mass is 16.5. The average molecular weight is 974 g/mol. The molecule has 0 heterocycles. The van der Waals surface area contributed by atoms with Crippen molar-refractivity contribution in [3.05, 3.63) is 12.2 Å². The number of carbonyl (C=O) groups excluding carboxylic acids is 5. The van der Waals surface area contributed by atoms with Crippen LogP contribution in [0.2, 0.25) is 0 Å². The molecule has 0 aromatic rings. The molecule has 0 rings (SSSR count). The van der Waals surface area contributed by atoms with Crippen molar-refractivity contribution in [1.29, 1.82) is 0 Å². The minimum atomic E-state index is -2.97. The molecule has 0 amide bonds. The van der Waals surface area contributed by atoms with Gasteiger partial charge in [0.1, 0.15) is 5.60 Å². The fourth-order valence-electron chi connectivity index (χ4n) is 3.55. The van der Waals surface area contributed by atoms with Gasteiger partial charge in [-0.3, -0.25) is 0 Å². The smallest absolute Gasteiger partial charge is 0.114 e. The SMILES string of the molecule is COCC[NH2+]CCOC.COCC[NH2+]CCOC.COCC[NH2+]CCOC.COCC[NH2+]CCOC.COCC[NH2+]CCOC.O=C([O-])/C=C/C(=O)[O-].O=C([O-])CC(O)(CC(=O)[O-])C(=O)[O-]. The number of nitrogens with two attached hydrogens (primary N) is 5. The predicted octanol–water partition coefficient (Wildman–Crippen LogP) is -14.0. The Balaban J connectivity index is -0.000000124. The molecule has 0 spiro atoms. The quantitative estimate of drug-likeness (QED) is 0.0249. The third kappa shape index (κ3) is 94.9. The summed E-state index contributed by atoms with van der Waals surface area (Å²) >= 11 is 0. The lowest BCUT2D eigenvalue weighted by Gasteiger charge is -2.29. The Morgan fingerprint density at radius 3 is 0.606 bits per heavy atom. The number of carbonyl (C=O) groups is 5. The van der Waals surface area contributed by atoms with Crippen molar-refractivity contribution in [3.8, 4) is 0 Å². The number of carboxylic acid groups (broad SMARTS) is 5. The molecule has 0 saturated carbocycles. The van der Waals surface area contributed by atoms with Crippen LogP contribution in [0.4, 0.5) is 0 Å². The van der Waals surface area contributed by atoms with Crippen molar-refractivity contribution >= 4 is 29.8 Å². The van der Waals surface area contributed by atoms with Gasteiger partial charge in [0, 0.05) is 95.9 Å². The van der Waals surface area contributed by atoms with Crippen LogP contribution < -0.4 is 52.1 Å². The van der Waals surface area contributed by atoms with Gasteiger partial charge in [0.25, 0.3) is 0 Å². The molecule has 0 unspecified atom stereocenters. The lowest BCUT2D eigenvalue weighted by atomic mass is 9.96. The Kier molecular flexibility index (Phi) is 81.9. The van der Waals surface area contributed by atoms with Gasteiger partial charge in [-0.1, -0.05) is 0 Å². The first kappa shape index (κ1) is 76.7. The Bertz CT molecular complexity index is 893. The van der Waals surface area contributed by atoms with E-state index in [2.05, 4.69) is 26.6 Å². The molecule has 0 aliphatic carbocycles. The van der Waals surface area contributed by atoms with Gasteiger partial charge in [0.05, 0.1) is 149 Å². The van der Waals surface area contributed by atoms with E-state index >= 15 is 0 Å². The molecule has 0 aliphatic rings. The van der Waals surface area contributed by atoms with Gasteiger partial charge in [0.15, 0.2) is 0 Å². The van der Waals surface area contributed by atoms with E-state index in [1.54, 1.807) is 71.1 Å². The molecule has 0 aliphatic heterocycles. The number of aliphatic hydroxyl groups is 1. The zero-order valence-corrected chi connectivity index (χ0v) is 41.2. The molecule has 0 fully saturated rings. The van der Waals surface area contributed by atoms with Crippen molar-refractivity contribution in [2.24, 2.45) is 0 Å². The molecule has 26 heteroatoms. The molecule has 11 N–H and O–H groups in total. The van der Waals surface area contributed by atoms with Crippen LogP contribution >= 0.6 is 0 Å². The Hall–Kier alpha value is -3.55. The normalized spacial score (nSPS) is 10.1. The van der Waals surface area contributed by atoms with Crippen molar-refractivity contribution in [2.45, 2.75) is 18.4 Å². The number of hydrogen-bond acceptors (Lipinski definition) is 21.